The van der Waals surface area contributed by atoms with Gasteiger partial charge >= 0.3 is 0 Å². The van der Waals surface area contributed by atoms with E-state index in [1.54, 1.807) is 24.3 Å². The molecule has 1 aromatic carbocycles. The number of ketones is 1. The molecule has 1 N–H and O–H groups in total. The van der Waals surface area contributed by atoms with Gasteiger partial charge in [-0.3, -0.25) is 4.79 Å². The van der Waals surface area contributed by atoms with Crippen molar-refractivity contribution in [2.45, 2.75) is 35.6 Å². The smallest absolute Gasteiger partial charge is 0.208 e. The summed E-state index contributed by atoms with van der Waals surface area (Å²) in [5.74, 6) is -0.425. The molecule has 0 unspecified atom stereocenters. The monoisotopic (exact) mass is 272 g/mol. The number of hydrogen-bond acceptors (Lipinski definition) is 2. The third-order valence-corrected chi connectivity index (χ3v) is 4.38. The zero-order chi connectivity index (χ0) is 12.5. The van der Waals surface area contributed by atoms with Crippen molar-refractivity contribution in [3.8, 4) is 0 Å². The summed E-state index contributed by atoms with van der Waals surface area (Å²) in [5.41, 5.74) is -0.874. The first-order chi connectivity index (χ1) is 7.97. The molecule has 0 radical (unpaired) electrons. The molecule has 1 saturated carbocycles. The minimum absolute atomic E-state index is 0.425. The molecule has 1 aromatic rings. The van der Waals surface area contributed by atoms with Crippen molar-refractivity contribution >= 4 is 29.0 Å². The van der Waals surface area contributed by atoms with Crippen molar-refractivity contribution in [2.75, 3.05) is 0 Å². The van der Waals surface area contributed by atoms with Gasteiger partial charge in [0.2, 0.25) is 10.1 Å². The summed E-state index contributed by atoms with van der Waals surface area (Å²) in [4.78, 5) is 12.2. The third kappa shape index (κ3) is 2.22. The van der Waals surface area contributed by atoms with Gasteiger partial charge in [0.25, 0.3) is 0 Å². The number of benzene rings is 1. The topological polar surface area (TPSA) is 37.3 Å². The first kappa shape index (κ1) is 12.9. The first-order valence-corrected chi connectivity index (χ1v) is 6.43. The molecule has 0 aromatic heterocycles. The summed E-state index contributed by atoms with van der Waals surface area (Å²) in [5, 5.41) is 10.4. The molecule has 1 aliphatic carbocycles. The van der Waals surface area contributed by atoms with Gasteiger partial charge in [0, 0.05) is 5.56 Å². The number of halogens is 2. The minimum Gasteiger partial charge on any atom is -0.386 e. The molecule has 0 bridgehead atoms. The zero-order valence-electron chi connectivity index (χ0n) is 9.33. The van der Waals surface area contributed by atoms with E-state index in [1.807, 2.05) is 6.07 Å². The van der Waals surface area contributed by atoms with E-state index < -0.39 is 15.7 Å². The quantitative estimate of drug-likeness (QED) is 0.677. The SMILES string of the molecule is O=C(c1ccccc1)C(Cl)(Cl)C1(O)CCCC1. The summed E-state index contributed by atoms with van der Waals surface area (Å²) in [7, 11) is 0. The van der Waals surface area contributed by atoms with Gasteiger partial charge in [0.15, 0.2) is 0 Å². The van der Waals surface area contributed by atoms with Gasteiger partial charge in [-0.25, -0.2) is 0 Å². The van der Waals surface area contributed by atoms with Crippen LogP contribution in [0.5, 0.6) is 0 Å². The molecule has 0 aliphatic heterocycles. The number of rotatable bonds is 3. The molecule has 1 fully saturated rings. The first-order valence-electron chi connectivity index (χ1n) is 5.67. The zero-order valence-corrected chi connectivity index (χ0v) is 10.8. The number of Topliss-reactive ketones (excluding diaryl/α,β-unsaturated/α-hetero) is 1. The lowest BCUT2D eigenvalue weighted by molar-refractivity contribution is 0.0292. The van der Waals surface area contributed by atoms with Gasteiger partial charge in [-0.1, -0.05) is 66.4 Å². The molecule has 1 aliphatic rings. The van der Waals surface area contributed by atoms with Crippen molar-refractivity contribution in [2.24, 2.45) is 0 Å². The third-order valence-electron chi connectivity index (χ3n) is 3.34. The second-order valence-electron chi connectivity index (χ2n) is 4.51. The number of carbonyl (C=O) groups is 1. The Bertz CT molecular complexity index is 409. The van der Waals surface area contributed by atoms with E-state index in [0.717, 1.165) is 12.8 Å². The Morgan fingerprint density at radius 2 is 1.71 bits per heavy atom. The number of aliphatic hydroxyl groups is 1. The molecule has 0 atom stereocenters. The fourth-order valence-electron chi connectivity index (χ4n) is 2.26. The molecule has 2 nitrogen and oxygen atoms in total. The maximum absolute atomic E-state index is 12.2. The molecule has 17 heavy (non-hydrogen) atoms. The van der Waals surface area contributed by atoms with Gasteiger partial charge in [0.05, 0.1) is 0 Å². The van der Waals surface area contributed by atoms with E-state index in [2.05, 4.69) is 0 Å². The second kappa shape index (κ2) is 4.60. The largest absolute Gasteiger partial charge is 0.386 e. The standard InChI is InChI=1S/C13H14Cl2O2/c14-13(15,12(17)8-4-5-9-12)11(16)10-6-2-1-3-7-10/h1-3,6-7,17H,4-5,8-9H2. The van der Waals surface area contributed by atoms with E-state index in [4.69, 9.17) is 23.2 Å². The van der Waals surface area contributed by atoms with Gasteiger partial charge in [0.1, 0.15) is 5.60 Å². The van der Waals surface area contributed by atoms with Crippen LogP contribution in [0.4, 0.5) is 0 Å². The molecule has 0 spiro atoms. The van der Waals surface area contributed by atoms with Crippen molar-refractivity contribution in [1.29, 1.82) is 0 Å². The van der Waals surface area contributed by atoms with Gasteiger partial charge in [-0.15, -0.1) is 0 Å². The van der Waals surface area contributed by atoms with Crippen molar-refractivity contribution < 1.29 is 9.90 Å². The van der Waals surface area contributed by atoms with Crippen molar-refractivity contribution in [1.82, 2.24) is 0 Å². The highest BCUT2D eigenvalue weighted by Crippen LogP contribution is 2.46. The molecule has 0 saturated heterocycles. The van der Waals surface area contributed by atoms with Crippen LogP contribution in [-0.2, 0) is 0 Å². The molecule has 0 heterocycles. The Hall–Kier alpha value is -0.570. The van der Waals surface area contributed by atoms with Crippen molar-refractivity contribution in [3.63, 3.8) is 0 Å². The summed E-state index contributed by atoms with van der Waals surface area (Å²) in [6.45, 7) is 0. The van der Waals surface area contributed by atoms with Crippen LogP contribution >= 0.6 is 23.2 Å². The Labute approximate surface area is 111 Å². The molecule has 4 heteroatoms. The number of alkyl halides is 2. The van der Waals surface area contributed by atoms with Crippen molar-refractivity contribution in [3.05, 3.63) is 35.9 Å². The van der Waals surface area contributed by atoms with Gasteiger partial charge in [-0.2, -0.15) is 0 Å². The van der Waals surface area contributed by atoms with E-state index in [1.165, 1.54) is 0 Å². The highest BCUT2D eigenvalue weighted by molar-refractivity contribution is 6.60. The van der Waals surface area contributed by atoms with Gasteiger partial charge in [-0.05, 0) is 12.8 Å². The average Bonchev–Trinajstić information content (AvgIpc) is 2.78. The van der Waals surface area contributed by atoms with Crippen LogP contribution in [0.2, 0.25) is 0 Å². The highest BCUT2D eigenvalue weighted by Gasteiger charge is 2.54. The lowest BCUT2D eigenvalue weighted by atomic mass is 9.91. The molecular weight excluding hydrogens is 259 g/mol. The Kier molecular flexibility index (Phi) is 3.48. The lowest BCUT2D eigenvalue weighted by Crippen LogP contribution is -2.49. The van der Waals surface area contributed by atoms with Crippen LogP contribution in [0.25, 0.3) is 0 Å². The number of hydrogen-bond donors (Lipinski definition) is 1. The Morgan fingerprint density at radius 3 is 2.24 bits per heavy atom. The molecular formula is C13H14Cl2O2. The molecule has 92 valence electrons. The average molecular weight is 273 g/mol. The predicted octanol–water partition coefficient (Wildman–Crippen LogP) is 3.35. The van der Waals surface area contributed by atoms with Crippen LogP contribution in [0.3, 0.4) is 0 Å². The van der Waals surface area contributed by atoms with E-state index in [-0.39, 0.29) is 0 Å². The maximum Gasteiger partial charge on any atom is 0.208 e. The van der Waals surface area contributed by atoms with E-state index >= 15 is 0 Å². The number of carbonyl (C=O) groups excluding carboxylic acids is 1. The van der Waals surface area contributed by atoms with Crippen LogP contribution < -0.4 is 0 Å². The minimum atomic E-state index is -1.76. The fourth-order valence-corrected chi connectivity index (χ4v) is 2.85. The van der Waals surface area contributed by atoms with E-state index in [0.29, 0.717) is 18.4 Å². The Morgan fingerprint density at radius 1 is 1.18 bits per heavy atom. The van der Waals surface area contributed by atoms with Crippen LogP contribution in [0.15, 0.2) is 30.3 Å². The van der Waals surface area contributed by atoms with Gasteiger partial charge < -0.3 is 5.11 Å². The maximum atomic E-state index is 12.2. The highest BCUT2D eigenvalue weighted by atomic mass is 35.5. The van der Waals surface area contributed by atoms with Crippen LogP contribution in [0, 0.1) is 0 Å². The Balaban J connectivity index is 2.29. The lowest BCUT2D eigenvalue weighted by Gasteiger charge is -2.34. The normalized spacial score (nSPS) is 19.2. The fraction of sp³-hybridized carbons (Fsp3) is 0.462. The van der Waals surface area contributed by atoms with Crippen LogP contribution in [-0.4, -0.2) is 20.8 Å². The predicted molar refractivity (Wildman–Crippen MR) is 68.6 cm³/mol. The summed E-state index contributed by atoms with van der Waals surface area (Å²) >= 11 is 12.3. The molecule has 2 rings (SSSR count). The summed E-state index contributed by atoms with van der Waals surface area (Å²) < 4.78 is -1.76. The molecule has 0 amide bonds. The van der Waals surface area contributed by atoms with E-state index in [9.17, 15) is 9.90 Å². The summed E-state index contributed by atoms with van der Waals surface area (Å²) in [6.07, 6.45) is 2.64. The second-order valence-corrected chi connectivity index (χ2v) is 5.84. The van der Waals surface area contributed by atoms with Crippen LogP contribution in [0.1, 0.15) is 36.0 Å². The summed E-state index contributed by atoms with van der Waals surface area (Å²) in [6, 6.07) is 8.61.